The molecule has 0 saturated heterocycles. The van der Waals surface area contributed by atoms with Gasteiger partial charge in [-0.15, -0.1) is 0 Å². The molecule has 0 atom stereocenters. The molecule has 3 rings (SSSR count). The van der Waals surface area contributed by atoms with Gasteiger partial charge in [-0.2, -0.15) is 0 Å². The van der Waals surface area contributed by atoms with Gasteiger partial charge in [0.05, 0.1) is 0 Å². The summed E-state index contributed by atoms with van der Waals surface area (Å²) >= 11 is 0. The number of nitrogens with one attached hydrogen (secondary N) is 2. The van der Waals surface area contributed by atoms with Gasteiger partial charge in [-0.3, -0.25) is 0 Å². The maximum atomic E-state index is 4.24. The lowest BCUT2D eigenvalue weighted by Crippen LogP contribution is -1.75. The molecule has 0 bridgehead atoms. The SMILES string of the molecule is c1c[nH]c(-c2c[nH]c3ncccc23)c1. The standard InChI is InChI=1S/C11H9N3/c1-3-8-9(10-4-2-5-12-10)7-14-11(8)13-6-1/h1-7,12H,(H,13,14). The number of aromatic amines is 2. The van der Waals surface area contributed by atoms with E-state index >= 15 is 0 Å². The Labute approximate surface area is 80.8 Å². The average Bonchev–Trinajstić information content (AvgIpc) is 2.85. The number of H-pyrrole nitrogens is 2. The Morgan fingerprint density at radius 3 is 2.93 bits per heavy atom. The number of nitrogens with zero attached hydrogens (tertiary/aromatic N) is 1. The summed E-state index contributed by atoms with van der Waals surface area (Å²) in [5.74, 6) is 0. The van der Waals surface area contributed by atoms with Crippen molar-refractivity contribution in [3.05, 3.63) is 42.9 Å². The molecule has 2 N–H and O–H groups in total. The molecule has 3 aromatic heterocycles. The van der Waals surface area contributed by atoms with Crippen LogP contribution in [-0.4, -0.2) is 15.0 Å². The lowest BCUT2D eigenvalue weighted by atomic mass is 10.2. The van der Waals surface area contributed by atoms with Crippen molar-refractivity contribution in [2.75, 3.05) is 0 Å². The minimum absolute atomic E-state index is 0.928. The summed E-state index contributed by atoms with van der Waals surface area (Å²) in [6.45, 7) is 0. The van der Waals surface area contributed by atoms with Gasteiger partial charge in [0.25, 0.3) is 0 Å². The van der Waals surface area contributed by atoms with Gasteiger partial charge in [0.15, 0.2) is 0 Å². The summed E-state index contributed by atoms with van der Waals surface area (Å²) in [6, 6.07) is 8.05. The van der Waals surface area contributed by atoms with Gasteiger partial charge in [0.1, 0.15) is 5.65 Å². The van der Waals surface area contributed by atoms with Crippen molar-refractivity contribution in [1.29, 1.82) is 0 Å². The molecule has 68 valence electrons. The smallest absolute Gasteiger partial charge is 0.137 e. The van der Waals surface area contributed by atoms with Crippen molar-refractivity contribution in [3.63, 3.8) is 0 Å². The number of rotatable bonds is 1. The fraction of sp³-hybridized carbons (Fsp3) is 0. The third-order valence-corrected chi connectivity index (χ3v) is 2.34. The monoisotopic (exact) mass is 183 g/mol. The maximum Gasteiger partial charge on any atom is 0.137 e. The molecule has 14 heavy (non-hydrogen) atoms. The van der Waals surface area contributed by atoms with Crippen LogP contribution in [0.25, 0.3) is 22.3 Å². The second-order valence-corrected chi connectivity index (χ2v) is 3.19. The predicted molar refractivity (Wildman–Crippen MR) is 55.9 cm³/mol. The maximum absolute atomic E-state index is 4.24. The first kappa shape index (κ1) is 7.38. The van der Waals surface area contributed by atoms with E-state index in [0.717, 1.165) is 22.3 Å². The lowest BCUT2D eigenvalue weighted by molar-refractivity contribution is 1.32. The molecule has 3 heterocycles. The second kappa shape index (κ2) is 2.73. The summed E-state index contributed by atoms with van der Waals surface area (Å²) in [7, 11) is 0. The summed E-state index contributed by atoms with van der Waals surface area (Å²) in [5.41, 5.74) is 3.21. The van der Waals surface area contributed by atoms with Crippen molar-refractivity contribution in [1.82, 2.24) is 15.0 Å². The summed E-state index contributed by atoms with van der Waals surface area (Å²) in [6.07, 6.45) is 5.69. The minimum Gasteiger partial charge on any atom is -0.361 e. The van der Waals surface area contributed by atoms with Crippen LogP contribution in [0.5, 0.6) is 0 Å². The number of aromatic nitrogens is 3. The van der Waals surface area contributed by atoms with Gasteiger partial charge in [0, 0.05) is 35.2 Å². The Kier molecular flexibility index (Phi) is 1.44. The lowest BCUT2D eigenvalue weighted by Gasteiger charge is -1.93. The number of hydrogen-bond donors (Lipinski definition) is 2. The summed E-state index contributed by atoms with van der Waals surface area (Å²) in [5, 5.41) is 1.15. The largest absolute Gasteiger partial charge is 0.361 e. The van der Waals surface area contributed by atoms with Crippen molar-refractivity contribution >= 4 is 11.0 Å². The molecule has 0 radical (unpaired) electrons. The van der Waals surface area contributed by atoms with E-state index < -0.39 is 0 Å². The molecule has 0 fully saturated rings. The molecule has 0 aliphatic rings. The van der Waals surface area contributed by atoms with E-state index in [1.54, 1.807) is 6.20 Å². The van der Waals surface area contributed by atoms with Crippen molar-refractivity contribution < 1.29 is 0 Å². The minimum atomic E-state index is 0.928. The van der Waals surface area contributed by atoms with Gasteiger partial charge in [-0.05, 0) is 24.3 Å². The van der Waals surface area contributed by atoms with Gasteiger partial charge < -0.3 is 9.97 Å². The van der Waals surface area contributed by atoms with Crippen LogP contribution >= 0.6 is 0 Å². The van der Waals surface area contributed by atoms with Gasteiger partial charge >= 0.3 is 0 Å². The fourth-order valence-corrected chi connectivity index (χ4v) is 1.68. The fourth-order valence-electron chi connectivity index (χ4n) is 1.68. The van der Waals surface area contributed by atoms with Crippen molar-refractivity contribution in [2.45, 2.75) is 0 Å². The average molecular weight is 183 g/mol. The molecule has 0 aliphatic heterocycles. The van der Waals surface area contributed by atoms with Crippen LogP contribution in [0.2, 0.25) is 0 Å². The van der Waals surface area contributed by atoms with Crippen LogP contribution in [-0.2, 0) is 0 Å². The van der Waals surface area contributed by atoms with Crippen LogP contribution in [0.1, 0.15) is 0 Å². The van der Waals surface area contributed by atoms with Crippen LogP contribution in [0, 0.1) is 0 Å². The first-order chi connectivity index (χ1) is 6.95. The zero-order chi connectivity index (χ0) is 9.38. The topological polar surface area (TPSA) is 44.5 Å². The van der Waals surface area contributed by atoms with E-state index in [1.807, 2.05) is 24.5 Å². The first-order valence-electron chi connectivity index (χ1n) is 4.51. The molecule has 3 nitrogen and oxygen atoms in total. The van der Waals surface area contributed by atoms with Gasteiger partial charge in [-0.25, -0.2) is 4.98 Å². The summed E-state index contributed by atoms with van der Waals surface area (Å²) < 4.78 is 0. The molecule has 0 spiro atoms. The van der Waals surface area contributed by atoms with E-state index in [-0.39, 0.29) is 0 Å². The molecule has 0 unspecified atom stereocenters. The Balaban J connectivity index is 2.33. The van der Waals surface area contributed by atoms with E-state index in [1.165, 1.54) is 0 Å². The van der Waals surface area contributed by atoms with Crippen LogP contribution in [0.3, 0.4) is 0 Å². The molecule has 0 amide bonds. The Morgan fingerprint density at radius 1 is 1.07 bits per heavy atom. The quantitative estimate of drug-likeness (QED) is 0.598. The highest BCUT2D eigenvalue weighted by Gasteiger charge is 2.05. The van der Waals surface area contributed by atoms with E-state index in [9.17, 15) is 0 Å². The van der Waals surface area contributed by atoms with E-state index in [4.69, 9.17) is 0 Å². The Hall–Kier alpha value is -2.03. The second-order valence-electron chi connectivity index (χ2n) is 3.19. The van der Waals surface area contributed by atoms with Crippen molar-refractivity contribution in [2.24, 2.45) is 0 Å². The molecule has 0 aliphatic carbocycles. The third-order valence-electron chi connectivity index (χ3n) is 2.34. The van der Waals surface area contributed by atoms with E-state index in [2.05, 4.69) is 27.1 Å². The highest BCUT2D eigenvalue weighted by Crippen LogP contribution is 2.25. The first-order valence-corrected chi connectivity index (χ1v) is 4.51. The Bertz CT molecular complexity index is 549. The van der Waals surface area contributed by atoms with Gasteiger partial charge in [-0.1, -0.05) is 0 Å². The number of hydrogen-bond acceptors (Lipinski definition) is 1. The molecule has 3 aromatic rings. The number of pyridine rings is 1. The van der Waals surface area contributed by atoms with Crippen LogP contribution in [0.4, 0.5) is 0 Å². The molecular weight excluding hydrogens is 174 g/mol. The zero-order valence-electron chi connectivity index (χ0n) is 7.49. The van der Waals surface area contributed by atoms with Crippen LogP contribution < -0.4 is 0 Å². The number of fused-ring (bicyclic) bond motifs is 1. The van der Waals surface area contributed by atoms with Gasteiger partial charge in [0.2, 0.25) is 0 Å². The zero-order valence-corrected chi connectivity index (χ0v) is 7.49. The molecular formula is C11H9N3. The Morgan fingerprint density at radius 2 is 2.07 bits per heavy atom. The normalized spacial score (nSPS) is 10.9. The van der Waals surface area contributed by atoms with Crippen molar-refractivity contribution in [3.8, 4) is 11.3 Å². The molecule has 0 saturated carbocycles. The van der Waals surface area contributed by atoms with Crippen LogP contribution in [0.15, 0.2) is 42.9 Å². The highest BCUT2D eigenvalue weighted by atomic mass is 14.8. The third kappa shape index (κ3) is 0.956. The predicted octanol–water partition coefficient (Wildman–Crippen LogP) is 2.56. The summed E-state index contributed by atoms with van der Waals surface area (Å²) in [4.78, 5) is 10.6. The highest BCUT2D eigenvalue weighted by molar-refractivity contribution is 5.92. The molecule has 0 aromatic carbocycles. The molecule has 3 heteroatoms. The van der Waals surface area contributed by atoms with E-state index in [0.29, 0.717) is 0 Å².